The number of phenols is 1. The van der Waals surface area contributed by atoms with Crippen molar-refractivity contribution < 1.29 is 45.8 Å². The highest BCUT2D eigenvalue weighted by atomic mass is 35.5. The minimum Gasteiger partial charge on any atom is -0.506 e. The minimum absolute atomic E-state index is 0.103. The standard InChI is InChI=1S/C28H37ClN4O3S.C4F6O2/c29-22-9-6-20(7-10-22)12-15-30-17-14-25(35)33(23-4-2-1-3-5-23)19-18-31-16-13-21-8-11-24(34)26-27(21)37-28(36)32-26;5-3(6,7)1(11)2(12)4(8,9)10/h6-11,23,30-31,34H,1-5,12-19H2,(H,32,36);. The van der Waals surface area contributed by atoms with Gasteiger partial charge in [0.1, 0.15) is 11.3 Å². The molecule has 17 heteroatoms. The van der Waals surface area contributed by atoms with Crippen molar-refractivity contribution >= 4 is 50.6 Å². The number of alkyl halides is 6. The number of carbonyl (C=O) groups excluding carboxylic acids is 3. The zero-order valence-corrected chi connectivity index (χ0v) is 27.9. The topological polar surface area (TPSA) is 132 Å². The van der Waals surface area contributed by atoms with Crippen molar-refractivity contribution in [1.82, 2.24) is 20.5 Å². The van der Waals surface area contributed by atoms with Crippen LogP contribution in [0.1, 0.15) is 49.7 Å². The molecule has 1 aliphatic rings. The van der Waals surface area contributed by atoms with E-state index < -0.39 is 23.9 Å². The van der Waals surface area contributed by atoms with Gasteiger partial charge in [0, 0.05) is 37.1 Å². The number of benzene rings is 2. The van der Waals surface area contributed by atoms with E-state index >= 15 is 0 Å². The molecule has 0 saturated heterocycles. The Hall–Kier alpha value is -3.47. The zero-order valence-electron chi connectivity index (χ0n) is 26.3. The highest BCUT2D eigenvalue weighted by Gasteiger charge is 2.54. The van der Waals surface area contributed by atoms with E-state index in [0.717, 1.165) is 71.9 Å². The predicted octanol–water partition coefficient (Wildman–Crippen LogP) is 5.71. The summed E-state index contributed by atoms with van der Waals surface area (Å²) in [6.45, 7) is 3.69. The molecule has 1 aliphatic carbocycles. The number of aromatic amines is 1. The molecule has 0 radical (unpaired) electrons. The maximum Gasteiger partial charge on any atom is 0.458 e. The molecule has 1 fully saturated rings. The van der Waals surface area contributed by atoms with Gasteiger partial charge in [-0.3, -0.25) is 19.2 Å². The average Bonchev–Trinajstić information content (AvgIpc) is 3.46. The Morgan fingerprint density at radius 1 is 0.857 bits per heavy atom. The van der Waals surface area contributed by atoms with Gasteiger partial charge in [-0.25, -0.2) is 0 Å². The van der Waals surface area contributed by atoms with Gasteiger partial charge >= 0.3 is 28.8 Å². The van der Waals surface area contributed by atoms with Gasteiger partial charge in [0.25, 0.3) is 0 Å². The number of thiazole rings is 1. The number of amides is 1. The van der Waals surface area contributed by atoms with Gasteiger partial charge in [-0.2, -0.15) is 26.3 Å². The normalized spacial score (nSPS) is 13.9. The number of carbonyl (C=O) groups is 3. The maximum absolute atomic E-state index is 13.2. The molecular weight excluding hydrogens is 702 g/mol. The largest absolute Gasteiger partial charge is 0.506 e. The summed E-state index contributed by atoms with van der Waals surface area (Å²) in [6, 6.07) is 11.7. The molecule has 3 aromatic rings. The summed E-state index contributed by atoms with van der Waals surface area (Å²) in [5, 5.41) is 17.6. The van der Waals surface area contributed by atoms with Crippen molar-refractivity contribution in [3.05, 3.63) is 62.2 Å². The number of nitrogens with one attached hydrogen (secondary N) is 3. The monoisotopic (exact) mass is 738 g/mol. The number of fused-ring (bicyclic) bond motifs is 1. The number of aromatic hydroxyl groups is 1. The molecule has 0 atom stereocenters. The molecule has 0 spiro atoms. The third-order valence-corrected chi connectivity index (χ3v) is 9.03. The second-order valence-electron chi connectivity index (χ2n) is 11.4. The molecule has 270 valence electrons. The lowest BCUT2D eigenvalue weighted by molar-refractivity contribution is -0.193. The third kappa shape index (κ3) is 12.7. The summed E-state index contributed by atoms with van der Waals surface area (Å²) in [5.74, 6) is -6.49. The van der Waals surface area contributed by atoms with Crippen molar-refractivity contribution in [2.45, 2.75) is 69.8 Å². The Morgan fingerprint density at radius 3 is 2.06 bits per heavy atom. The number of phenolic OH excluding ortho intramolecular Hbond substituents is 1. The van der Waals surface area contributed by atoms with Gasteiger partial charge in [-0.15, -0.1) is 0 Å². The summed E-state index contributed by atoms with van der Waals surface area (Å²) in [7, 11) is 0. The van der Waals surface area contributed by atoms with Crippen LogP contribution in [0.25, 0.3) is 10.2 Å². The van der Waals surface area contributed by atoms with Crippen LogP contribution in [0.3, 0.4) is 0 Å². The smallest absolute Gasteiger partial charge is 0.458 e. The number of rotatable bonds is 14. The highest BCUT2D eigenvalue weighted by Crippen LogP contribution is 2.28. The molecule has 1 saturated carbocycles. The van der Waals surface area contributed by atoms with Crippen molar-refractivity contribution in [3.8, 4) is 5.75 Å². The Bertz CT molecular complexity index is 1580. The van der Waals surface area contributed by atoms with Crippen LogP contribution < -0.4 is 15.5 Å². The van der Waals surface area contributed by atoms with Crippen molar-refractivity contribution in [2.75, 3.05) is 32.7 Å². The van der Waals surface area contributed by atoms with E-state index in [4.69, 9.17) is 11.6 Å². The van der Waals surface area contributed by atoms with Crippen molar-refractivity contribution in [3.63, 3.8) is 0 Å². The van der Waals surface area contributed by atoms with Crippen LogP contribution >= 0.6 is 22.9 Å². The Morgan fingerprint density at radius 2 is 1.45 bits per heavy atom. The highest BCUT2D eigenvalue weighted by molar-refractivity contribution is 7.16. The first kappa shape index (κ1) is 40.0. The Balaban J connectivity index is 0.000000463. The summed E-state index contributed by atoms with van der Waals surface area (Å²) in [6.07, 6.45) is -3.55. The molecule has 4 N–H and O–H groups in total. The number of hydrogen-bond acceptors (Lipinski definition) is 8. The molecule has 0 unspecified atom stereocenters. The molecule has 4 rings (SSSR count). The summed E-state index contributed by atoms with van der Waals surface area (Å²) in [5.41, 5.74) is 2.79. The molecule has 0 bridgehead atoms. The second-order valence-corrected chi connectivity index (χ2v) is 12.8. The molecule has 49 heavy (non-hydrogen) atoms. The van der Waals surface area contributed by atoms with E-state index in [1.807, 2.05) is 30.3 Å². The first-order valence-corrected chi connectivity index (χ1v) is 16.8. The van der Waals surface area contributed by atoms with Gasteiger partial charge in [0.05, 0.1) is 4.70 Å². The second kappa shape index (κ2) is 18.5. The summed E-state index contributed by atoms with van der Waals surface area (Å²) >= 11 is 7.08. The van der Waals surface area contributed by atoms with Crippen molar-refractivity contribution in [1.29, 1.82) is 0 Å². The SMILES string of the molecule is O=C(C(=O)C(F)(F)F)C(F)(F)F.O=C(CCNCCc1ccc(Cl)cc1)N(CCNCCc1ccc(O)c2[nH]c(=O)sc12)C1CCCCC1. The summed E-state index contributed by atoms with van der Waals surface area (Å²) < 4.78 is 67.8. The Kier molecular flexibility index (Phi) is 15.1. The molecule has 0 aliphatic heterocycles. The first-order chi connectivity index (χ1) is 23.1. The van der Waals surface area contributed by atoms with Crippen LogP contribution in [0.2, 0.25) is 5.02 Å². The van der Waals surface area contributed by atoms with Gasteiger partial charge in [0.2, 0.25) is 5.91 Å². The van der Waals surface area contributed by atoms with E-state index in [1.54, 1.807) is 6.07 Å². The van der Waals surface area contributed by atoms with Crippen LogP contribution in [0.5, 0.6) is 5.75 Å². The third-order valence-electron chi connectivity index (χ3n) is 7.82. The average molecular weight is 739 g/mol. The minimum atomic E-state index is -5.77. The fourth-order valence-electron chi connectivity index (χ4n) is 5.33. The van der Waals surface area contributed by atoms with Gasteiger partial charge < -0.3 is 25.6 Å². The van der Waals surface area contributed by atoms with Gasteiger partial charge in [-0.05, 0) is 68.1 Å². The number of ketones is 2. The van der Waals surface area contributed by atoms with E-state index in [9.17, 15) is 50.6 Å². The molecule has 1 aromatic heterocycles. The molecule has 9 nitrogen and oxygen atoms in total. The van der Waals surface area contributed by atoms with Gasteiger partial charge in [-0.1, -0.05) is 60.4 Å². The number of Topliss-reactive ketones (excluding diaryl/α,β-unsaturated/α-hetero) is 2. The van der Waals surface area contributed by atoms with E-state index in [-0.39, 0.29) is 16.5 Å². The molecule has 1 amide bonds. The zero-order chi connectivity index (χ0) is 36.2. The number of halogens is 7. The number of nitrogens with zero attached hydrogens (tertiary/aromatic N) is 1. The van der Waals surface area contributed by atoms with Crippen LogP contribution in [-0.2, 0) is 27.2 Å². The van der Waals surface area contributed by atoms with Crippen LogP contribution in [0.15, 0.2) is 41.2 Å². The van der Waals surface area contributed by atoms with Crippen LogP contribution in [-0.4, -0.2) is 83.6 Å². The molecular formula is C32H37ClF6N4O5S. The lowest BCUT2D eigenvalue weighted by Crippen LogP contribution is -2.45. The van der Waals surface area contributed by atoms with Gasteiger partial charge in [0.15, 0.2) is 0 Å². The number of aromatic nitrogens is 1. The fraction of sp³-hybridized carbons (Fsp3) is 0.500. The lowest BCUT2D eigenvalue weighted by Gasteiger charge is -2.34. The predicted molar refractivity (Wildman–Crippen MR) is 174 cm³/mol. The number of hydrogen-bond donors (Lipinski definition) is 4. The van der Waals surface area contributed by atoms with E-state index in [1.165, 1.54) is 24.8 Å². The Labute approximate surface area is 287 Å². The maximum atomic E-state index is 13.2. The van der Waals surface area contributed by atoms with Crippen LogP contribution in [0, 0.1) is 0 Å². The van der Waals surface area contributed by atoms with Crippen molar-refractivity contribution in [2.24, 2.45) is 0 Å². The lowest BCUT2D eigenvalue weighted by atomic mass is 9.94. The number of H-pyrrole nitrogens is 1. The van der Waals surface area contributed by atoms with E-state index in [2.05, 4.69) is 20.5 Å². The molecule has 2 aromatic carbocycles. The fourth-order valence-corrected chi connectivity index (χ4v) is 6.35. The summed E-state index contributed by atoms with van der Waals surface area (Å²) in [4.78, 5) is 48.8. The quantitative estimate of drug-likeness (QED) is 0.0947. The van der Waals surface area contributed by atoms with E-state index in [0.29, 0.717) is 31.1 Å². The van der Waals surface area contributed by atoms with Crippen LogP contribution in [0.4, 0.5) is 26.3 Å². The molecule has 1 heterocycles. The first-order valence-electron chi connectivity index (χ1n) is 15.6.